The van der Waals surface area contributed by atoms with Crippen molar-refractivity contribution in [1.82, 2.24) is 29.7 Å². The molecule has 11 heteroatoms. The number of pyridine rings is 2. The number of nitrogens with zero attached hydrogens (tertiary/aromatic N) is 7. The van der Waals surface area contributed by atoms with Crippen LogP contribution in [0.25, 0.3) is 22.2 Å². The number of piperidine rings is 1. The van der Waals surface area contributed by atoms with Crippen LogP contribution in [-0.2, 0) is 4.74 Å². The molecule has 2 fully saturated rings. The van der Waals surface area contributed by atoms with Crippen molar-refractivity contribution in [3.05, 3.63) is 48.5 Å². The Bertz CT molecular complexity index is 1470. The maximum atomic E-state index is 14.7. The van der Waals surface area contributed by atoms with Crippen LogP contribution in [0.5, 0.6) is 0 Å². The van der Waals surface area contributed by atoms with Gasteiger partial charge in [0.15, 0.2) is 5.67 Å². The highest BCUT2D eigenvalue weighted by atomic mass is 19.1. The van der Waals surface area contributed by atoms with E-state index in [-0.39, 0.29) is 18.5 Å². The summed E-state index contributed by atoms with van der Waals surface area (Å²) in [5.74, 6) is 1.85. The first-order valence-electron chi connectivity index (χ1n) is 12.9. The highest BCUT2D eigenvalue weighted by Crippen LogP contribution is 2.33. The third-order valence-corrected chi connectivity index (χ3v) is 7.32. The lowest BCUT2D eigenvalue weighted by molar-refractivity contribution is -0.0285. The lowest BCUT2D eigenvalue weighted by Crippen LogP contribution is -2.52. The summed E-state index contributed by atoms with van der Waals surface area (Å²) in [5, 5.41) is 19.9. The molecule has 38 heavy (non-hydrogen) atoms. The largest absolute Gasteiger partial charge is 0.390 e. The number of rotatable bonds is 6. The molecule has 0 amide bonds. The Morgan fingerprint density at radius 1 is 1.13 bits per heavy atom. The van der Waals surface area contributed by atoms with Gasteiger partial charge in [-0.3, -0.25) is 9.67 Å². The van der Waals surface area contributed by atoms with Crippen molar-refractivity contribution in [2.45, 2.75) is 50.9 Å². The van der Waals surface area contributed by atoms with E-state index in [9.17, 15) is 9.50 Å². The fourth-order valence-electron chi connectivity index (χ4n) is 4.94. The van der Waals surface area contributed by atoms with Crippen LogP contribution in [0.15, 0.2) is 43.0 Å². The van der Waals surface area contributed by atoms with E-state index in [1.807, 2.05) is 35.4 Å². The molecule has 0 unspecified atom stereocenters. The highest BCUT2D eigenvalue weighted by Gasteiger charge is 2.39. The fraction of sp³-hybridized carbons (Fsp3) is 0.444. The third-order valence-electron chi connectivity index (χ3n) is 7.32. The second-order valence-corrected chi connectivity index (χ2v) is 10.6. The molecule has 0 aliphatic carbocycles. The predicted octanol–water partition coefficient (Wildman–Crippen LogP) is 4.02. The van der Waals surface area contributed by atoms with E-state index in [0.717, 1.165) is 27.7 Å². The minimum atomic E-state index is -1.72. The van der Waals surface area contributed by atoms with Crippen molar-refractivity contribution in [2.75, 3.05) is 36.5 Å². The van der Waals surface area contributed by atoms with E-state index in [4.69, 9.17) is 14.8 Å². The van der Waals surface area contributed by atoms with Crippen molar-refractivity contribution >= 4 is 28.4 Å². The van der Waals surface area contributed by atoms with E-state index >= 15 is 0 Å². The van der Waals surface area contributed by atoms with Crippen LogP contribution in [-0.4, -0.2) is 72.9 Å². The first-order chi connectivity index (χ1) is 18.3. The SMILES string of the molecule is CC(C)c1cnc(-c2ccn(C3COC3)n2)c2cnc(Nc3ccnc(N4CC[C@@H](O)[C@@](C)(F)C4)n3)cc12. The van der Waals surface area contributed by atoms with Gasteiger partial charge in [0.25, 0.3) is 0 Å². The van der Waals surface area contributed by atoms with E-state index in [1.165, 1.54) is 6.92 Å². The number of ether oxygens (including phenoxy) is 1. The number of aliphatic hydroxyl groups is 1. The molecule has 6 rings (SSSR count). The van der Waals surface area contributed by atoms with Crippen molar-refractivity contribution in [1.29, 1.82) is 0 Å². The number of halogens is 1. The average Bonchev–Trinajstić information content (AvgIpc) is 3.33. The van der Waals surface area contributed by atoms with Crippen molar-refractivity contribution in [2.24, 2.45) is 0 Å². The van der Waals surface area contributed by atoms with E-state index in [2.05, 4.69) is 34.1 Å². The number of hydrogen-bond acceptors (Lipinski definition) is 9. The van der Waals surface area contributed by atoms with Gasteiger partial charge in [0, 0.05) is 36.7 Å². The zero-order chi connectivity index (χ0) is 26.4. The normalized spacial score (nSPS) is 22.2. The Kier molecular flexibility index (Phi) is 6.19. The first kappa shape index (κ1) is 24.6. The standard InChI is InChI=1S/C27H31FN8O2/c1-16(2)19-11-31-25(21-5-9-36(34-21)17-13-38-14-17)20-12-30-24(10-18(19)20)32-23-4-7-29-26(33-23)35-8-6-22(37)27(3,28)15-35/h4-5,7,9-12,16-17,22,37H,6,8,13-15H2,1-3H3,(H,29,30,32,33)/t22-,27+/m1/s1. The van der Waals surface area contributed by atoms with Gasteiger partial charge in [0.1, 0.15) is 17.3 Å². The number of aromatic nitrogens is 6. The van der Waals surface area contributed by atoms with Crippen LogP contribution in [0.1, 0.15) is 44.7 Å². The van der Waals surface area contributed by atoms with Gasteiger partial charge in [-0.05, 0) is 48.4 Å². The summed E-state index contributed by atoms with van der Waals surface area (Å²) in [7, 11) is 0. The monoisotopic (exact) mass is 518 g/mol. The van der Waals surface area contributed by atoms with Crippen molar-refractivity contribution < 1.29 is 14.2 Å². The minimum absolute atomic E-state index is 0.0307. The van der Waals surface area contributed by atoms with Gasteiger partial charge in [-0.25, -0.2) is 14.4 Å². The summed E-state index contributed by atoms with van der Waals surface area (Å²) in [6.45, 7) is 7.55. The summed E-state index contributed by atoms with van der Waals surface area (Å²) in [6, 6.07) is 6.00. The number of nitrogens with one attached hydrogen (secondary N) is 1. The molecule has 2 aliphatic rings. The van der Waals surface area contributed by atoms with Gasteiger partial charge in [-0.15, -0.1) is 0 Å². The quantitative estimate of drug-likeness (QED) is 0.391. The molecule has 0 aromatic carbocycles. The minimum Gasteiger partial charge on any atom is -0.390 e. The van der Waals surface area contributed by atoms with E-state index < -0.39 is 11.8 Å². The molecular weight excluding hydrogens is 487 g/mol. The van der Waals surface area contributed by atoms with Gasteiger partial charge in [-0.1, -0.05) is 13.8 Å². The molecule has 4 aromatic rings. The number of hydrogen-bond donors (Lipinski definition) is 2. The second-order valence-electron chi connectivity index (χ2n) is 10.6. The Morgan fingerprint density at radius 2 is 1.97 bits per heavy atom. The van der Waals surface area contributed by atoms with Crippen LogP contribution in [0.3, 0.4) is 0 Å². The Balaban J connectivity index is 1.31. The second kappa shape index (κ2) is 9.55. The smallest absolute Gasteiger partial charge is 0.227 e. The fourth-order valence-corrected chi connectivity index (χ4v) is 4.94. The van der Waals surface area contributed by atoms with Gasteiger partial charge in [-0.2, -0.15) is 10.1 Å². The molecule has 2 saturated heterocycles. The first-order valence-corrected chi connectivity index (χ1v) is 12.9. The van der Waals surface area contributed by atoms with Crippen molar-refractivity contribution in [3.63, 3.8) is 0 Å². The summed E-state index contributed by atoms with van der Waals surface area (Å²) >= 11 is 0. The van der Waals surface area contributed by atoms with E-state index in [0.29, 0.717) is 43.8 Å². The third kappa shape index (κ3) is 4.56. The lowest BCUT2D eigenvalue weighted by Gasteiger charge is -2.38. The predicted molar refractivity (Wildman–Crippen MR) is 142 cm³/mol. The Morgan fingerprint density at radius 3 is 2.71 bits per heavy atom. The highest BCUT2D eigenvalue weighted by molar-refractivity contribution is 5.96. The lowest BCUT2D eigenvalue weighted by atomic mass is 9.94. The van der Waals surface area contributed by atoms with Gasteiger partial charge in [0.2, 0.25) is 5.95 Å². The van der Waals surface area contributed by atoms with Crippen molar-refractivity contribution in [3.8, 4) is 11.4 Å². The Labute approximate surface area is 219 Å². The van der Waals surface area contributed by atoms with Gasteiger partial charge < -0.3 is 20.1 Å². The molecule has 10 nitrogen and oxygen atoms in total. The molecule has 2 N–H and O–H groups in total. The molecule has 0 spiro atoms. The number of fused-ring (bicyclic) bond motifs is 1. The molecule has 0 saturated carbocycles. The molecule has 0 radical (unpaired) electrons. The molecule has 2 aliphatic heterocycles. The molecule has 2 atom stereocenters. The number of alkyl halides is 1. The summed E-state index contributed by atoms with van der Waals surface area (Å²) < 4.78 is 22.0. The number of anilines is 3. The van der Waals surface area contributed by atoms with Crippen LogP contribution < -0.4 is 10.2 Å². The molecule has 0 bridgehead atoms. The summed E-state index contributed by atoms with van der Waals surface area (Å²) in [5.41, 5.74) is 0.976. The Hall–Kier alpha value is -3.70. The van der Waals surface area contributed by atoms with Crippen LogP contribution in [0, 0.1) is 0 Å². The zero-order valence-corrected chi connectivity index (χ0v) is 21.7. The van der Waals surface area contributed by atoms with Crippen LogP contribution in [0.2, 0.25) is 0 Å². The maximum Gasteiger partial charge on any atom is 0.227 e. The topological polar surface area (TPSA) is 114 Å². The van der Waals surface area contributed by atoms with E-state index in [1.54, 1.807) is 17.2 Å². The summed E-state index contributed by atoms with van der Waals surface area (Å²) in [6.07, 6.45) is 6.67. The zero-order valence-electron chi connectivity index (χ0n) is 21.7. The maximum absolute atomic E-state index is 14.7. The van der Waals surface area contributed by atoms with Crippen LogP contribution >= 0.6 is 0 Å². The molecular formula is C27H31FN8O2. The molecule has 198 valence electrons. The molecule has 6 heterocycles. The molecule has 4 aromatic heterocycles. The van der Waals surface area contributed by atoms with Gasteiger partial charge in [0.05, 0.1) is 37.6 Å². The number of aliphatic hydroxyl groups excluding tert-OH is 1. The summed E-state index contributed by atoms with van der Waals surface area (Å²) in [4.78, 5) is 20.1. The van der Waals surface area contributed by atoms with Crippen LogP contribution in [0.4, 0.5) is 22.0 Å². The average molecular weight is 519 g/mol. The van der Waals surface area contributed by atoms with Gasteiger partial charge >= 0.3 is 0 Å².